The first-order valence-electron chi connectivity index (χ1n) is 7.77. The molecule has 1 amide bonds. The highest BCUT2D eigenvalue weighted by atomic mass is 16.3. The van der Waals surface area contributed by atoms with Crippen LogP contribution >= 0.6 is 0 Å². The maximum Gasteiger partial charge on any atom is 0.238 e. The van der Waals surface area contributed by atoms with E-state index in [9.17, 15) is 9.90 Å². The lowest BCUT2D eigenvalue weighted by Gasteiger charge is -2.36. The van der Waals surface area contributed by atoms with Gasteiger partial charge in [0.1, 0.15) is 0 Å². The molecule has 1 aliphatic heterocycles. The largest absolute Gasteiger partial charge is 0.392 e. The summed E-state index contributed by atoms with van der Waals surface area (Å²) in [5, 5.41) is 12.9. The molecule has 1 fully saturated rings. The highest BCUT2D eigenvalue weighted by Gasteiger charge is 2.27. The molecule has 0 bridgehead atoms. The van der Waals surface area contributed by atoms with Gasteiger partial charge in [0.05, 0.1) is 12.6 Å². The van der Waals surface area contributed by atoms with Gasteiger partial charge < -0.3 is 10.4 Å². The molecule has 0 spiro atoms. The fourth-order valence-corrected chi connectivity index (χ4v) is 3.02. The molecule has 2 unspecified atom stereocenters. The number of rotatable bonds is 4. The normalized spacial score (nSPS) is 21.0. The maximum atomic E-state index is 12.3. The number of benzene rings is 1. The van der Waals surface area contributed by atoms with Crippen molar-refractivity contribution in [3.8, 4) is 0 Å². The van der Waals surface area contributed by atoms with Crippen molar-refractivity contribution < 1.29 is 9.90 Å². The Labute approximate surface area is 127 Å². The summed E-state index contributed by atoms with van der Waals surface area (Å²) in [6.07, 6.45) is 2.80. The predicted octanol–water partition coefficient (Wildman–Crippen LogP) is 2.48. The topological polar surface area (TPSA) is 52.6 Å². The lowest BCUT2D eigenvalue weighted by atomic mass is 9.98. The second-order valence-electron chi connectivity index (χ2n) is 6.07. The van der Waals surface area contributed by atoms with E-state index in [-0.39, 0.29) is 18.1 Å². The third kappa shape index (κ3) is 4.05. The summed E-state index contributed by atoms with van der Waals surface area (Å²) in [6, 6.07) is 6.03. The number of carbonyl (C=O) groups is 1. The molecule has 4 heteroatoms. The Morgan fingerprint density at radius 2 is 2.19 bits per heavy atom. The molecule has 2 atom stereocenters. The zero-order chi connectivity index (χ0) is 15.4. The van der Waals surface area contributed by atoms with E-state index in [2.05, 4.69) is 10.2 Å². The van der Waals surface area contributed by atoms with Crippen LogP contribution in [0.5, 0.6) is 0 Å². The van der Waals surface area contributed by atoms with Gasteiger partial charge in [0.25, 0.3) is 0 Å². The lowest BCUT2D eigenvalue weighted by Crippen LogP contribution is -2.48. The second kappa shape index (κ2) is 7.05. The molecule has 1 aliphatic rings. The average Bonchev–Trinajstić information content (AvgIpc) is 2.44. The van der Waals surface area contributed by atoms with Gasteiger partial charge in [-0.15, -0.1) is 0 Å². The Hall–Kier alpha value is -1.39. The van der Waals surface area contributed by atoms with Crippen LogP contribution in [0.15, 0.2) is 18.2 Å². The molecule has 1 heterocycles. The van der Waals surface area contributed by atoms with Gasteiger partial charge >= 0.3 is 0 Å². The zero-order valence-corrected chi connectivity index (χ0v) is 13.2. The quantitative estimate of drug-likeness (QED) is 0.895. The molecule has 2 rings (SSSR count). The molecule has 2 N–H and O–H groups in total. The monoisotopic (exact) mass is 290 g/mol. The summed E-state index contributed by atoms with van der Waals surface area (Å²) in [5.41, 5.74) is 3.16. The van der Waals surface area contributed by atoms with Crippen molar-refractivity contribution in [2.75, 3.05) is 18.4 Å². The van der Waals surface area contributed by atoms with Crippen LogP contribution in [-0.4, -0.2) is 41.1 Å². The van der Waals surface area contributed by atoms with Gasteiger partial charge in [0.15, 0.2) is 0 Å². The van der Waals surface area contributed by atoms with E-state index in [1.165, 1.54) is 5.56 Å². The summed E-state index contributed by atoms with van der Waals surface area (Å²) in [7, 11) is 0. The molecular formula is C17H26N2O2. The van der Waals surface area contributed by atoms with Gasteiger partial charge in [-0.05, 0) is 57.4 Å². The summed E-state index contributed by atoms with van der Waals surface area (Å²) in [4.78, 5) is 14.4. The first-order chi connectivity index (χ1) is 9.99. The fraction of sp³-hybridized carbons (Fsp3) is 0.588. The van der Waals surface area contributed by atoms with Crippen LogP contribution in [0.2, 0.25) is 0 Å². The van der Waals surface area contributed by atoms with Crippen LogP contribution in [0.3, 0.4) is 0 Å². The number of likely N-dealkylation sites (tertiary alicyclic amines) is 1. The van der Waals surface area contributed by atoms with E-state index < -0.39 is 0 Å². The minimum atomic E-state index is -0.390. The van der Waals surface area contributed by atoms with Gasteiger partial charge in [0, 0.05) is 11.7 Å². The first kappa shape index (κ1) is 16.0. The Balaban J connectivity index is 1.99. The molecule has 0 radical (unpaired) electrons. The number of piperidine rings is 1. The molecular weight excluding hydrogens is 264 g/mol. The number of carbonyl (C=O) groups excluding carboxylic acids is 1. The van der Waals surface area contributed by atoms with E-state index in [0.29, 0.717) is 6.54 Å². The Bertz CT molecular complexity index is 500. The molecule has 21 heavy (non-hydrogen) atoms. The second-order valence-corrected chi connectivity index (χ2v) is 6.07. The Morgan fingerprint density at radius 3 is 2.90 bits per heavy atom. The number of amides is 1. The standard InChI is InChI=1S/C17H26N2O2/c1-12-7-6-8-15(13(12)2)18-17(21)11-19-10-5-4-9-16(19)14(3)20/h6-8,14,16,20H,4-5,9-11H2,1-3H3,(H,18,21). The number of nitrogens with one attached hydrogen (secondary N) is 1. The number of hydrogen-bond acceptors (Lipinski definition) is 3. The summed E-state index contributed by atoms with van der Waals surface area (Å²) in [5.74, 6) is -0.00347. The minimum absolute atomic E-state index is 0.00347. The number of hydrogen-bond donors (Lipinski definition) is 2. The molecule has 0 aromatic heterocycles. The molecule has 0 aliphatic carbocycles. The highest BCUT2D eigenvalue weighted by molar-refractivity contribution is 5.93. The molecule has 116 valence electrons. The molecule has 4 nitrogen and oxygen atoms in total. The van der Waals surface area contributed by atoms with Gasteiger partial charge in [-0.2, -0.15) is 0 Å². The van der Waals surface area contributed by atoms with E-state index in [0.717, 1.165) is 37.1 Å². The lowest BCUT2D eigenvalue weighted by molar-refractivity contribution is -0.118. The summed E-state index contributed by atoms with van der Waals surface area (Å²) < 4.78 is 0. The minimum Gasteiger partial charge on any atom is -0.392 e. The zero-order valence-electron chi connectivity index (χ0n) is 13.2. The third-order valence-electron chi connectivity index (χ3n) is 4.45. The molecule has 0 saturated carbocycles. The molecule has 1 saturated heterocycles. The average molecular weight is 290 g/mol. The fourth-order valence-electron chi connectivity index (χ4n) is 3.02. The van der Waals surface area contributed by atoms with Crippen LogP contribution in [0.25, 0.3) is 0 Å². The van der Waals surface area contributed by atoms with Crippen molar-refractivity contribution in [3.63, 3.8) is 0 Å². The van der Waals surface area contributed by atoms with Crippen LogP contribution in [-0.2, 0) is 4.79 Å². The van der Waals surface area contributed by atoms with Crippen molar-refractivity contribution in [1.82, 2.24) is 4.90 Å². The van der Waals surface area contributed by atoms with Crippen LogP contribution in [0, 0.1) is 13.8 Å². The van der Waals surface area contributed by atoms with Crippen molar-refractivity contribution >= 4 is 11.6 Å². The molecule has 1 aromatic rings. The third-order valence-corrected chi connectivity index (χ3v) is 4.45. The van der Waals surface area contributed by atoms with Crippen molar-refractivity contribution in [3.05, 3.63) is 29.3 Å². The first-order valence-corrected chi connectivity index (χ1v) is 7.77. The highest BCUT2D eigenvalue weighted by Crippen LogP contribution is 2.21. The Kier molecular flexibility index (Phi) is 5.37. The van der Waals surface area contributed by atoms with Gasteiger partial charge in [-0.1, -0.05) is 18.6 Å². The van der Waals surface area contributed by atoms with E-state index in [4.69, 9.17) is 0 Å². The van der Waals surface area contributed by atoms with E-state index in [1.807, 2.05) is 39.0 Å². The predicted molar refractivity (Wildman–Crippen MR) is 85.4 cm³/mol. The number of aliphatic hydroxyl groups excluding tert-OH is 1. The van der Waals surface area contributed by atoms with Crippen molar-refractivity contribution in [2.45, 2.75) is 52.2 Å². The number of aryl methyl sites for hydroxylation is 1. The number of anilines is 1. The van der Waals surface area contributed by atoms with E-state index in [1.54, 1.807) is 0 Å². The van der Waals surface area contributed by atoms with Crippen molar-refractivity contribution in [2.24, 2.45) is 0 Å². The summed E-state index contributed by atoms with van der Waals surface area (Å²) >= 11 is 0. The van der Waals surface area contributed by atoms with E-state index >= 15 is 0 Å². The van der Waals surface area contributed by atoms with Crippen molar-refractivity contribution in [1.29, 1.82) is 0 Å². The smallest absolute Gasteiger partial charge is 0.238 e. The molecule has 1 aromatic carbocycles. The summed E-state index contributed by atoms with van der Waals surface area (Å²) in [6.45, 7) is 7.11. The maximum absolute atomic E-state index is 12.3. The number of nitrogens with zero attached hydrogens (tertiary/aromatic N) is 1. The number of aliphatic hydroxyl groups is 1. The van der Waals surface area contributed by atoms with Gasteiger partial charge in [-0.25, -0.2) is 0 Å². The van der Waals surface area contributed by atoms with Crippen LogP contribution < -0.4 is 5.32 Å². The van der Waals surface area contributed by atoms with Gasteiger partial charge in [-0.3, -0.25) is 9.69 Å². The SMILES string of the molecule is Cc1cccc(NC(=O)CN2CCCCC2C(C)O)c1C. The van der Waals surface area contributed by atoms with Gasteiger partial charge in [0.2, 0.25) is 5.91 Å². The van der Waals surface area contributed by atoms with Crippen LogP contribution in [0.4, 0.5) is 5.69 Å². The Morgan fingerprint density at radius 1 is 1.43 bits per heavy atom. The van der Waals surface area contributed by atoms with Crippen LogP contribution in [0.1, 0.15) is 37.3 Å².